The highest BCUT2D eigenvalue weighted by Gasteiger charge is 2.29. The summed E-state index contributed by atoms with van der Waals surface area (Å²) >= 11 is 0. The Morgan fingerprint density at radius 2 is 2.25 bits per heavy atom. The summed E-state index contributed by atoms with van der Waals surface area (Å²) < 4.78 is 0. The second-order valence-corrected chi connectivity index (χ2v) is 4.40. The van der Waals surface area contributed by atoms with Crippen molar-refractivity contribution in [1.82, 2.24) is 0 Å². The summed E-state index contributed by atoms with van der Waals surface area (Å²) in [6, 6.07) is 8.49. The molecule has 0 saturated carbocycles. The van der Waals surface area contributed by atoms with Crippen LogP contribution in [0.4, 0.5) is 5.69 Å². The number of rotatable bonds is 3. The molecule has 3 nitrogen and oxygen atoms in total. The van der Waals surface area contributed by atoms with Crippen molar-refractivity contribution in [2.45, 2.75) is 32.2 Å². The third-order valence-electron chi connectivity index (χ3n) is 3.12. The molecular formula is C13H19N2O+. The normalized spacial score (nSPS) is 18.6. The van der Waals surface area contributed by atoms with Crippen molar-refractivity contribution in [3.8, 4) is 0 Å². The van der Waals surface area contributed by atoms with Gasteiger partial charge >= 0.3 is 0 Å². The molecule has 1 atom stereocenters. The molecule has 0 radical (unpaired) electrons. The monoisotopic (exact) mass is 219 g/mol. The molecule has 1 aliphatic rings. The van der Waals surface area contributed by atoms with E-state index in [-0.39, 0.29) is 5.91 Å². The smallest absolute Gasteiger partial charge is 0.227 e. The second-order valence-electron chi connectivity index (χ2n) is 4.40. The summed E-state index contributed by atoms with van der Waals surface area (Å²) in [5, 5.41) is 0. The number of hydrogen-bond acceptors (Lipinski definition) is 1. The van der Waals surface area contributed by atoms with Crippen molar-refractivity contribution in [2.24, 2.45) is 0 Å². The lowest BCUT2D eigenvalue weighted by Gasteiger charge is -2.22. The van der Waals surface area contributed by atoms with E-state index >= 15 is 0 Å². The van der Waals surface area contributed by atoms with Gasteiger partial charge in [-0.15, -0.1) is 0 Å². The molecule has 0 spiro atoms. The van der Waals surface area contributed by atoms with Crippen molar-refractivity contribution >= 4 is 11.6 Å². The van der Waals surface area contributed by atoms with Crippen LogP contribution in [0.15, 0.2) is 24.3 Å². The van der Waals surface area contributed by atoms with Crippen LogP contribution >= 0.6 is 0 Å². The van der Waals surface area contributed by atoms with Crippen molar-refractivity contribution in [3.05, 3.63) is 29.8 Å². The molecule has 0 aliphatic carbocycles. The van der Waals surface area contributed by atoms with Crippen LogP contribution in [-0.2, 0) is 11.2 Å². The van der Waals surface area contributed by atoms with Gasteiger partial charge in [0, 0.05) is 24.6 Å². The summed E-state index contributed by atoms with van der Waals surface area (Å²) in [4.78, 5) is 14.0. The van der Waals surface area contributed by atoms with E-state index < -0.39 is 0 Å². The Labute approximate surface area is 96.2 Å². The molecule has 0 bridgehead atoms. The minimum atomic E-state index is 0.237. The Hall–Kier alpha value is -1.35. The number of amides is 1. The molecule has 86 valence electrons. The lowest BCUT2D eigenvalue weighted by atomic mass is 10.1. The summed E-state index contributed by atoms with van der Waals surface area (Å²) in [5.41, 5.74) is 6.17. The Balaban J connectivity index is 2.18. The van der Waals surface area contributed by atoms with Crippen LogP contribution in [0.25, 0.3) is 0 Å². The Kier molecular flexibility index (Phi) is 3.25. The number of carbonyl (C=O) groups is 1. The van der Waals surface area contributed by atoms with E-state index in [9.17, 15) is 4.79 Å². The maximum atomic E-state index is 12.1. The van der Waals surface area contributed by atoms with Gasteiger partial charge in [0.2, 0.25) is 5.91 Å². The van der Waals surface area contributed by atoms with Gasteiger partial charge in [0.25, 0.3) is 0 Å². The van der Waals surface area contributed by atoms with Crippen LogP contribution in [0.2, 0.25) is 0 Å². The Morgan fingerprint density at radius 3 is 3.00 bits per heavy atom. The quantitative estimate of drug-likeness (QED) is 0.809. The van der Waals surface area contributed by atoms with Gasteiger partial charge in [-0.25, -0.2) is 0 Å². The summed E-state index contributed by atoms with van der Waals surface area (Å²) in [6.07, 6.45) is 2.47. The van der Waals surface area contributed by atoms with Gasteiger partial charge in [-0.05, 0) is 25.0 Å². The topological polar surface area (TPSA) is 48.0 Å². The highest BCUT2D eigenvalue weighted by molar-refractivity contribution is 5.96. The highest BCUT2D eigenvalue weighted by atomic mass is 16.2. The van der Waals surface area contributed by atoms with E-state index in [1.807, 2.05) is 23.1 Å². The summed E-state index contributed by atoms with van der Waals surface area (Å²) in [6.45, 7) is 2.94. The van der Waals surface area contributed by atoms with Gasteiger partial charge in [0.1, 0.15) is 0 Å². The Morgan fingerprint density at radius 1 is 1.50 bits per heavy atom. The predicted octanol–water partition coefficient (Wildman–Crippen LogP) is 0.986. The van der Waals surface area contributed by atoms with E-state index in [1.165, 1.54) is 5.56 Å². The highest BCUT2D eigenvalue weighted by Crippen LogP contribution is 2.32. The standard InChI is InChI=1S/C13H18N2O/c1-10-9-11-5-2-3-6-12(11)15(10)13(16)7-4-8-14/h2-3,5-6,10H,4,7-9,14H2,1H3/p+1/t10-/m1/s1. The number of fused-ring (bicyclic) bond motifs is 1. The molecule has 3 N–H and O–H groups in total. The first-order valence-electron chi connectivity index (χ1n) is 5.93. The van der Waals surface area contributed by atoms with Crippen molar-refractivity contribution in [3.63, 3.8) is 0 Å². The molecule has 1 aliphatic heterocycles. The van der Waals surface area contributed by atoms with Crippen molar-refractivity contribution in [2.75, 3.05) is 11.4 Å². The first-order valence-corrected chi connectivity index (χ1v) is 5.93. The molecule has 16 heavy (non-hydrogen) atoms. The van der Waals surface area contributed by atoms with Crippen LogP contribution in [0.3, 0.4) is 0 Å². The van der Waals surface area contributed by atoms with Crippen LogP contribution in [0.5, 0.6) is 0 Å². The van der Waals surface area contributed by atoms with Crippen molar-refractivity contribution < 1.29 is 10.5 Å². The van der Waals surface area contributed by atoms with Gasteiger partial charge in [-0.3, -0.25) is 4.79 Å². The molecule has 0 aromatic heterocycles. The lowest BCUT2D eigenvalue weighted by Crippen LogP contribution is -2.50. The molecule has 1 aromatic carbocycles. The van der Waals surface area contributed by atoms with Gasteiger partial charge in [-0.1, -0.05) is 18.2 Å². The number of para-hydroxylation sites is 1. The van der Waals surface area contributed by atoms with Gasteiger partial charge in [-0.2, -0.15) is 0 Å². The fourth-order valence-electron chi connectivity index (χ4n) is 2.34. The molecule has 2 rings (SSSR count). The van der Waals surface area contributed by atoms with E-state index in [2.05, 4.69) is 18.7 Å². The number of quaternary nitrogens is 1. The lowest BCUT2D eigenvalue weighted by molar-refractivity contribution is -0.368. The minimum absolute atomic E-state index is 0.237. The molecular weight excluding hydrogens is 200 g/mol. The van der Waals surface area contributed by atoms with Gasteiger partial charge < -0.3 is 10.6 Å². The summed E-state index contributed by atoms with van der Waals surface area (Å²) in [7, 11) is 0. The Bertz CT molecular complexity index is 389. The van der Waals surface area contributed by atoms with E-state index in [1.54, 1.807) is 0 Å². The molecule has 1 aromatic rings. The third-order valence-corrected chi connectivity index (χ3v) is 3.12. The maximum Gasteiger partial charge on any atom is 0.227 e. The van der Waals surface area contributed by atoms with Gasteiger partial charge in [0.05, 0.1) is 6.54 Å². The number of hydrogen-bond donors (Lipinski definition) is 1. The molecule has 1 heterocycles. The zero-order valence-electron chi connectivity index (χ0n) is 9.78. The SMILES string of the molecule is C[C@@H]1Cc2ccccc2N1C(=O)CCC[NH3+]. The largest absolute Gasteiger partial charge is 0.358 e. The van der Waals surface area contributed by atoms with Gasteiger partial charge in [0.15, 0.2) is 0 Å². The molecule has 0 saturated heterocycles. The predicted molar refractivity (Wildman–Crippen MR) is 64.1 cm³/mol. The number of carbonyl (C=O) groups excluding carboxylic acids is 1. The van der Waals surface area contributed by atoms with Crippen LogP contribution < -0.4 is 10.6 Å². The average Bonchev–Trinajstić information content (AvgIpc) is 2.62. The zero-order chi connectivity index (χ0) is 11.5. The zero-order valence-corrected chi connectivity index (χ0v) is 9.78. The molecule has 1 amide bonds. The first-order chi connectivity index (χ1) is 7.74. The molecule has 0 fully saturated rings. The minimum Gasteiger partial charge on any atom is -0.358 e. The fraction of sp³-hybridized carbons (Fsp3) is 0.462. The van der Waals surface area contributed by atoms with Crippen molar-refractivity contribution in [1.29, 1.82) is 0 Å². The number of anilines is 1. The van der Waals surface area contributed by atoms with E-state index in [0.717, 1.165) is 25.1 Å². The third kappa shape index (κ3) is 1.95. The first kappa shape index (κ1) is 11.1. The summed E-state index contributed by atoms with van der Waals surface area (Å²) in [5.74, 6) is 0.237. The average molecular weight is 219 g/mol. The fourth-order valence-corrected chi connectivity index (χ4v) is 2.34. The van der Waals surface area contributed by atoms with E-state index in [4.69, 9.17) is 0 Å². The number of benzene rings is 1. The molecule has 3 heteroatoms. The van der Waals surface area contributed by atoms with E-state index in [0.29, 0.717) is 12.5 Å². The van der Waals surface area contributed by atoms with Crippen LogP contribution in [-0.4, -0.2) is 18.5 Å². The number of nitrogens with zero attached hydrogens (tertiary/aromatic N) is 1. The van der Waals surface area contributed by atoms with Crippen LogP contribution in [0, 0.1) is 0 Å². The molecule has 0 unspecified atom stereocenters. The van der Waals surface area contributed by atoms with Crippen LogP contribution in [0.1, 0.15) is 25.3 Å². The second kappa shape index (κ2) is 4.66. The maximum absolute atomic E-state index is 12.1.